The lowest BCUT2D eigenvalue weighted by molar-refractivity contribution is -0.137. The monoisotopic (exact) mass is 243 g/mol. The smallest absolute Gasteiger partial charge is 0.303 e. The Balaban J connectivity index is 2.20. The maximum atomic E-state index is 10.3. The average Bonchev–Trinajstić information content (AvgIpc) is 2.38. The van der Waals surface area contributed by atoms with Gasteiger partial charge in [-0.15, -0.1) is 0 Å². The van der Waals surface area contributed by atoms with Crippen molar-refractivity contribution in [3.8, 4) is 6.07 Å². The highest BCUT2D eigenvalue weighted by atomic mass is 16.4. The summed E-state index contributed by atoms with van der Waals surface area (Å²) in [5, 5.41) is 17.1. The van der Waals surface area contributed by atoms with Gasteiger partial charge in [0.1, 0.15) is 0 Å². The number of aliphatic carboxylic acids is 1. The molecular weight excluding hydrogens is 226 g/mol. The Morgan fingerprint density at radius 3 is 2.56 bits per heavy atom. The largest absolute Gasteiger partial charge is 0.481 e. The lowest BCUT2D eigenvalue weighted by Gasteiger charge is -1.96. The van der Waals surface area contributed by atoms with E-state index in [0.717, 1.165) is 31.2 Å². The summed E-state index contributed by atoms with van der Waals surface area (Å²) in [7, 11) is 0. The van der Waals surface area contributed by atoms with Crippen molar-refractivity contribution in [2.24, 2.45) is 0 Å². The summed E-state index contributed by atoms with van der Waals surface area (Å²) in [6.07, 6.45) is 8.05. The molecule has 3 nitrogen and oxygen atoms in total. The number of carboxylic acids is 1. The fourth-order valence-electron chi connectivity index (χ4n) is 1.60. The third kappa shape index (κ3) is 5.86. The Bertz CT molecular complexity index is 441. The first-order valence-electron chi connectivity index (χ1n) is 6.11. The van der Waals surface area contributed by atoms with Gasteiger partial charge in [-0.1, -0.05) is 30.7 Å². The van der Waals surface area contributed by atoms with E-state index < -0.39 is 5.97 Å². The predicted octanol–water partition coefficient (Wildman–Crippen LogP) is 3.61. The van der Waals surface area contributed by atoms with Crippen molar-refractivity contribution in [3.05, 3.63) is 41.5 Å². The van der Waals surface area contributed by atoms with Gasteiger partial charge < -0.3 is 5.11 Å². The molecule has 1 aromatic carbocycles. The molecule has 3 heteroatoms. The van der Waals surface area contributed by atoms with Crippen LogP contribution in [0.3, 0.4) is 0 Å². The van der Waals surface area contributed by atoms with E-state index in [1.54, 1.807) is 12.1 Å². The van der Waals surface area contributed by atoms with Crippen LogP contribution in [0.4, 0.5) is 0 Å². The fourth-order valence-corrected chi connectivity index (χ4v) is 1.60. The van der Waals surface area contributed by atoms with E-state index in [1.165, 1.54) is 0 Å². The number of carboxylic acid groups (broad SMARTS) is 1. The van der Waals surface area contributed by atoms with Gasteiger partial charge in [-0.3, -0.25) is 4.79 Å². The minimum atomic E-state index is -0.719. The molecule has 0 spiro atoms. The van der Waals surface area contributed by atoms with Gasteiger partial charge in [0.25, 0.3) is 0 Å². The van der Waals surface area contributed by atoms with Crippen molar-refractivity contribution in [1.29, 1.82) is 5.26 Å². The van der Waals surface area contributed by atoms with Crippen LogP contribution in [-0.4, -0.2) is 11.1 Å². The molecule has 0 fully saturated rings. The quantitative estimate of drug-likeness (QED) is 0.744. The van der Waals surface area contributed by atoms with Crippen LogP contribution in [0.15, 0.2) is 30.3 Å². The van der Waals surface area contributed by atoms with Crippen molar-refractivity contribution in [2.45, 2.75) is 32.1 Å². The molecule has 0 saturated carbocycles. The minimum absolute atomic E-state index is 0.263. The van der Waals surface area contributed by atoms with Gasteiger partial charge in [0.2, 0.25) is 0 Å². The summed E-state index contributed by atoms with van der Waals surface area (Å²) in [5.41, 5.74) is 1.75. The summed E-state index contributed by atoms with van der Waals surface area (Å²) in [6.45, 7) is 0. The van der Waals surface area contributed by atoms with E-state index in [4.69, 9.17) is 10.4 Å². The zero-order valence-electron chi connectivity index (χ0n) is 10.3. The molecule has 0 atom stereocenters. The molecule has 0 bridgehead atoms. The van der Waals surface area contributed by atoms with Crippen LogP contribution in [0.1, 0.15) is 43.2 Å². The lowest BCUT2D eigenvalue weighted by Crippen LogP contribution is -1.93. The van der Waals surface area contributed by atoms with Gasteiger partial charge in [0.05, 0.1) is 11.6 Å². The van der Waals surface area contributed by atoms with E-state index in [1.807, 2.05) is 18.2 Å². The van der Waals surface area contributed by atoms with Crippen LogP contribution in [-0.2, 0) is 4.79 Å². The molecule has 1 aromatic rings. The van der Waals surface area contributed by atoms with Gasteiger partial charge in [0.15, 0.2) is 0 Å². The van der Waals surface area contributed by atoms with Crippen LogP contribution in [0.5, 0.6) is 0 Å². The summed E-state index contributed by atoms with van der Waals surface area (Å²) < 4.78 is 0. The number of rotatable bonds is 7. The molecule has 0 aromatic heterocycles. The van der Waals surface area contributed by atoms with Crippen LogP contribution < -0.4 is 0 Å². The first kappa shape index (κ1) is 14.0. The summed E-state index contributed by atoms with van der Waals surface area (Å²) >= 11 is 0. The van der Waals surface area contributed by atoms with E-state index in [0.29, 0.717) is 5.56 Å². The molecule has 94 valence electrons. The summed E-state index contributed by atoms with van der Waals surface area (Å²) in [5.74, 6) is -0.719. The first-order valence-corrected chi connectivity index (χ1v) is 6.11. The van der Waals surface area contributed by atoms with E-state index in [2.05, 4.69) is 12.1 Å². The molecular formula is C15H17NO2. The molecule has 0 amide bonds. The zero-order valence-corrected chi connectivity index (χ0v) is 10.3. The predicted molar refractivity (Wildman–Crippen MR) is 70.9 cm³/mol. The van der Waals surface area contributed by atoms with Gasteiger partial charge in [-0.2, -0.15) is 5.26 Å². The van der Waals surface area contributed by atoms with Crippen LogP contribution in [0, 0.1) is 11.3 Å². The van der Waals surface area contributed by atoms with Crippen LogP contribution >= 0.6 is 0 Å². The number of allylic oxidation sites excluding steroid dienone is 1. The summed E-state index contributed by atoms with van der Waals surface area (Å²) in [4.78, 5) is 10.3. The third-order valence-electron chi connectivity index (χ3n) is 2.61. The Morgan fingerprint density at radius 1 is 1.22 bits per heavy atom. The molecule has 0 radical (unpaired) electrons. The molecule has 0 saturated heterocycles. The Labute approximate surface area is 107 Å². The maximum absolute atomic E-state index is 10.3. The van der Waals surface area contributed by atoms with E-state index >= 15 is 0 Å². The fraction of sp³-hybridized carbons (Fsp3) is 0.333. The van der Waals surface area contributed by atoms with E-state index in [-0.39, 0.29) is 6.42 Å². The number of nitrogens with zero attached hydrogens (tertiary/aromatic N) is 1. The zero-order chi connectivity index (χ0) is 13.2. The topological polar surface area (TPSA) is 61.1 Å². The highest BCUT2D eigenvalue weighted by molar-refractivity contribution is 5.66. The number of carbonyl (C=O) groups is 1. The molecule has 0 heterocycles. The summed E-state index contributed by atoms with van der Waals surface area (Å²) in [6, 6.07) is 9.51. The van der Waals surface area contributed by atoms with Crippen LogP contribution in [0.25, 0.3) is 6.08 Å². The van der Waals surface area contributed by atoms with Crippen molar-refractivity contribution in [1.82, 2.24) is 0 Å². The Morgan fingerprint density at radius 2 is 1.94 bits per heavy atom. The normalized spacial score (nSPS) is 10.4. The second-order valence-electron chi connectivity index (χ2n) is 4.13. The number of benzene rings is 1. The minimum Gasteiger partial charge on any atom is -0.481 e. The number of unbranched alkanes of at least 4 members (excludes halogenated alkanes) is 3. The third-order valence-corrected chi connectivity index (χ3v) is 2.61. The van der Waals surface area contributed by atoms with Crippen molar-refractivity contribution < 1.29 is 9.90 Å². The van der Waals surface area contributed by atoms with Gasteiger partial charge in [-0.05, 0) is 37.0 Å². The SMILES string of the molecule is N#Cc1ccc(C=CCCCCCC(=O)O)cc1. The van der Waals surface area contributed by atoms with Crippen molar-refractivity contribution in [3.63, 3.8) is 0 Å². The number of hydrogen-bond acceptors (Lipinski definition) is 2. The van der Waals surface area contributed by atoms with E-state index in [9.17, 15) is 4.79 Å². The molecule has 0 unspecified atom stereocenters. The second-order valence-corrected chi connectivity index (χ2v) is 4.13. The van der Waals surface area contributed by atoms with Gasteiger partial charge in [0, 0.05) is 6.42 Å². The molecule has 0 aliphatic rings. The average molecular weight is 243 g/mol. The second kappa shape index (κ2) is 8.08. The molecule has 18 heavy (non-hydrogen) atoms. The maximum Gasteiger partial charge on any atom is 0.303 e. The molecule has 1 rings (SSSR count). The van der Waals surface area contributed by atoms with Crippen molar-refractivity contribution in [2.75, 3.05) is 0 Å². The number of nitriles is 1. The highest BCUT2D eigenvalue weighted by Gasteiger charge is 1.95. The van der Waals surface area contributed by atoms with Gasteiger partial charge >= 0.3 is 5.97 Å². The molecule has 1 N–H and O–H groups in total. The standard InChI is InChI=1S/C15H17NO2/c16-12-14-10-8-13(9-11-14)6-4-2-1-3-5-7-15(17)18/h4,6,8-11H,1-3,5,7H2,(H,17,18). The van der Waals surface area contributed by atoms with Crippen LogP contribution in [0.2, 0.25) is 0 Å². The van der Waals surface area contributed by atoms with Gasteiger partial charge in [-0.25, -0.2) is 0 Å². The Kier molecular flexibility index (Phi) is 6.27. The molecule has 0 aliphatic carbocycles. The molecule has 0 aliphatic heterocycles. The lowest BCUT2D eigenvalue weighted by atomic mass is 10.1. The highest BCUT2D eigenvalue weighted by Crippen LogP contribution is 2.08. The van der Waals surface area contributed by atoms with Crippen molar-refractivity contribution >= 4 is 12.0 Å². The first-order chi connectivity index (χ1) is 8.72. The Hall–Kier alpha value is -2.08. The number of hydrogen-bond donors (Lipinski definition) is 1.